The minimum atomic E-state index is -1.06. The number of aromatic hydroxyl groups is 3. The number of aliphatic hydroxyl groups is 2. The highest BCUT2D eigenvalue weighted by Crippen LogP contribution is 2.60. The molecule has 0 spiro atoms. The summed E-state index contributed by atoms with van der Waals surface area (Å²) in [5, 5.41) is 55.0. The summed E-state index contributed by atoms with van der Waals surface area (Å²) in [6.45, 7) is 2.28. The fourth-order valence-electron chi connectivity index (χ4n) is 8.31. The minimum absolute atomic E-state index is 0.0436. The zero-order valence-electron chi connectivity index (χ0n) is 26.8. The molecule has 0 unspecified atom stereocenters. The van der Waals surface area contributed by atoms with E-state index in [1.165, 1.54) is 20.3 Å². The minimum Gasteiger partial charge on any atom is -0.508 e. The third-order valence-corrected chi connectivity index (χ3v) is 13.6. The summed E-state index contributed by atoms with van der Waals surface area (Å²) >= 11 is 0. The molecular weight excluding hydrogens is 641 g/mol. The van der Waals surface area contributed by atoms with Crippen LogP contribution in [0.2, 0.25) is 0 Å². The van der Waals surface area contributed by atoms with Gasteiger partial charge in [0, 0.05) is 39.7 Å². The zero-order valence-corrected chi connectivity index (χ0v) is 28.4. The number of aliphatic hydroxyl groups excluding tert-OH is 2. The van der Waals surface area contributed by atoms with E-state index in [0.717, 1.165) is 59.3 Å². The van der Waals surface area contributed by atoms with Crippen molar-refractivity contribution in [3.63, 3.8) is 0 Å². The number of hydrogen-bond donors (Lipinski definition) is 5. The SMILES string of the molecule is COc1cc([C@@H]2Oc3cc(OCCO)c4c5c3[C@H]([C@H]2O)[C@H]2CC[C@H](C[C@H](C5)c3cc(O)ccc3-4)[C@H](C)CCSS2)c(O)c(OC)c1O. The summed E-state index contributed by atoms with van der Waals surface area (Å²) in [5.74, 6) is 2.40. The molecule has 2 aliphatic carbocycles. The van der Waals surface area contributed by atoms with Crippen LogP contribution in [0.4, 0.5) is 0 Å². The molecule has 0 radical (unpaired) electrons. The number of methoxy groups -OCH3 is 2. The van der Waals surface area contributed by atoms with E-state index in [1.807, 2.05) is 39.8 Å². The van der Waals surface area contributed by atoms with Crippen molar-refractivity contribution < 1.29 is 44.5 Å². The molecule has 7 rings (SSSR count). The molecule has 2 aliphatic heterocycles. The van der Waals surface area contributed by atoms with Crippen molar-refractivity contribution in [2.45, 2.75) is 68.3 Å². The molecule has 3 aromatic carbocycles. The van der Waals surface area contributed by atoms with E-state index < -0.39 is 12.2 Å². The molecule has 47 heavy (non-hydrogen) atoms. The molecule has 3 aromatic rings. The van der Waals surface area contributed by atoms with E-state index in [4.69, 9.17) is 18.9 Å². The Kier molecular flexibility index (Phi) is 9.01. The van der Waals surface area contributed by atoms with E-state index in [0.29, 0.717) is 29.8 Å². The van der Waals surface area contributed by atoms with Crippen LogP contribution in [0.5, 0.6) is 40.2 Å². The first-order valence-corrected chi connectivity index (χ1v) is 18.7. The van der Waals surface area contributed by atoms with Crippen LogP contribution in [0.15, 0.2) is 30.3 Å². The van der Waals surface area contributed by atoms with Crippen molar-refractivity contribution in [1.82, 2.24) is 0 Å². The van der Waals surface area contributed by atoms with Crippen LogP contribution in [0.1, 0.15) is 72.8 Å². The Balaban J connectivity index is 1.50. The summed E-state index contributed by atoms with van der Waals surface area (Å²) in [4.78, 5) is 0. The van der Waals surface area contributed by atoms with Crippen molar-refractivity contribution >= 4 is 21.6 Å². The average molecular weight is 683 g/mol. The van der Waals surface area contributed by atoms with E-state index >= 15 is 0 Å². The second-order valence-corrected chi connectivity index (χ2v) is 15.9. The highest BCUT2D eigenvalue weighted by atomic mass is 33.1. The van der Waals surface area contributed by atoms with Gasteiger partial charge in [-0.25, -0.2) is 0 Å². The van der Waals surface area contributed by atoms with Gasteiger partial charge < -0.3 is 44.5 Å². The first kappa shape index (κ1) is 32.4. The molecular formula is C36H42O9S2. The van der Waals surface area contributed by atoms with E-state index in [2.05, 4.69) is 6.92 Å². The van der Waals surface area contributed by atoms with E-state index in [9.17, 15) is 25.5 Å². The molecule has 252 valence electrons. The van der Waals surface area contributed by atoms with Crippen LogP contribution < -0.4 is 18.9 Å². The number of fused-ring (bicyclic) bond motifs is 8. The fourth-order valence-corrected chi connectivity index (χ4v) is 11.4. The van der Waals surface area contributed by atoms with Gasteiger partial charge in [-0.3, -0.25) is 0 Å². The molecule has 0 amide bonds. The number of rotatable bonds is 6. The largest absolute Gasteiger partial charge is 0.508 e. The van der Waals surface area contributed by atoms with Gasteiger partial charge >= 0.3 is 0 Å². The molecule has 1 fully saturated rings. The van der Waals surface area contributed by atoms with Crippen LogP contribution in [0.25, 0.3) is 11.1 Å². The van der Waals surface area contributed by atoms with Crippen LogP contribution in [-0.2, 0) is 6.42 Å². The standard InChI is InChI=1S/C36H42O9S2/c1-17-8-11-46-47-28-7-4-18(17)12-19-13-23-29(21-6-5-20(38)14-22(19)21)25(44-10-9-37)16-26-30(23)31(28)34(41)35(45-26)24-15-27(42-2)33(40)36(43-3)32(24)39/h5-6,14-19,28,31,34-35,37-41H,4,7-13H2,1-3H3/t17-,18-,19-,28-,31-,34-,35+/m1/s1. The molecule has 4 bridgehead atoms. The lowest BCUT2D eigenvalue weighted by Crippen LogP contribution is -2.41. The number of phenolic OH excluding ortho intramolecular Hbond substituents is 3. The normalized spacial score (nSPS) is 27.8. The van der Waals surface area contributed by atoms with E-state index in [-0.39, 0.29) is 64.6 Å². The maximum atomic E-state index is 12.5. The summed E-state index contributed by atoms with van der Waals surface area (Å²) in [5.41, 5.74) is 5.26. The van der Waals surface area contributed by atoms with Crippen molar-refractivity contribution in [3.8, 4) is 51.4 Å². The monoisotopic (exact) mass is 682 g/mol. The Hall–Kier alpha value is -3.12. The molecule has 0 aromatic heterocycles. The van der Waals surface area contributed by atoms with Crippen LogP contribution >= 0.6 is 21.6 Å². The smallest absolute Gasteiger partial charge is 0.207 e. The highest BCUT2D eigenvalue weighted by Gasteiger charge is 2.48. The molecule has 5 N–H and O–H groups in total. The lowest BCUT2D eigenvalue weighted by Gasteiger charge is -2.45. The maximum Gasteiger partial charge on any atom is 0.207 e. The molecule has 0 saturated carbocycles. The molecule has 7 atom stereocenters. The Bertz CT molecular complexity index is 1660. The van der Waals surface area contributed by atoms with Crippen molar-refractivity contribution in [3.05, 3.63) is 52.6 Å². The maximum absolute atomic E-state index is 12.5. The lowest BCUT2D eigenvalue weighted by molar-refractivity contribution is -0.00379. The number of hydrogen-bond acceptors (Lipinski definition) is 11. The average Bonchev–Trinajstić information content (AvgIpc) is 3.15. The highest BCUT2D eigenvalue weighted by molar-refractivity contribution is 8.76. The molecule has 9 nitrogen and oxygen atoms in total. The number of phenols is 3. The van der Waals surface area contributed by atoms with Crippen LogP contribution in [0.3, 0.4) is 0 Å². The summed E-state index contributed by atoms with van der Waals surface area (Å²) < 4.78 is 23.7. The van der Waals surface area contributed by atoms with Gasteiger partial charge in [0.25, 0.3) is 0 Å². The van der Waals surface area contributed by atoms with Crippen molar-refractivity contribution in [2.24, 2.45) is 11.8 Å². The van der Waals surface area contributed by atoms with Crippen LogP contribution in [0, 0.1) is 11.8 Å². The summed E-state index contributed by atoms with van der Waals surface area (Å²) in [6.07, 6.45) is 2.63. The quantitative estimate of drug-likeness (QED) is 0.178. The molecule has 4 aliphatic rings. The third-order valence-electron chi connectivity index (χ3n) is 10.6. The van der Waals surface area contributed by atoms with Crippen molar-refractivity contribution in [2.75, 3.05) is 33.2 Å². The predicted molar refractivity (Wildman–Crippen MR) is 183 cm³/mol. The molecule has 1 saturated heterocycles. The Morgan fingerprint density at radius 2 is 1.79 bits per heavy atom. The molecule has 2 heterocycles. The van der Waals surface area contributed by atoms with Gasteiger partial charge in [0.15, 0.2) is 17.6 Å². The Morgan fingerprint density at radius 3 is 2.55 bits per heavy atom. The number of benzene rings is 3. The zero-order chi connectivity index (χ0) is 33.0. The first-order chi connectivity index (χ1) is 22.7. The van der Waals surface area contributed by atoms with Gasteiger partial charge in [0.1, 0.15) is 30.0 Å². The number of ether oxygens (including phenoxy) is 4. The summed E-state index contributed by atoms with van der Waals surface area (Å²) in [6, 6.07) is 8.91. The Morgan fingerprint density at radius 1 is 0.957 bits per heavy atom. The lowest BCUT2D eigenvalue weighted by atomic mass is 9.67. The third kappa shape index (κ3) is 5.53. The van der Waals surface area contributed by atoms with Gasteiger partial charge in [-0.05, 0) is 84.7 Å². The second kappa shape index (κ2) is 13.1. The van der Waals surface area contributed by atoms with Gasteiger partial charge in [-0.1, -0.05) is 34.6 Å². The van der Waals surface area contributed by atoms with Gasteiger partial charge in [-0.15, -0.1) is 0 Å². The topological polar surface area (TPSA) is 138 Å². The van der Waals surface area contributed by atoms with E-state index in [1.54, 1.807) is 6.07 Å². The molecule has 11 heteroatoms. The van der Waals surface area contributed by atoms with Gasteiger partial charge in [-0.2, -0.15) is 0 Å². The Labute approximate surface area is 282 Å². The van der Waals surface area contributed by atoms with Gasteiger partial charge in [0.2, 0.25) is 11.5 Å². The first-order valence-electron chi connectivity index (χ1n) is 16.3. The predicted octanol–water partition coefficient (Wildman–Crippen LogP) is 6.67. The van der Waals surface area contributed by atoms with Gasteiger partial charge in [0.05, 0.1) is 20.8 Å². The van der Waals surface area contributed by atoms with Crippen molar-refractivity contribution in [1.29, 1.82) is 0 Å². The summed E-state index contributed by atoms with van der Waals surface area (Å²) in [7, 11) is 6.45. The van der Waals surface area contributed by atoms with Crippen LogP contribution in [-0.4, -0.2) is 70.1 Å². The second-order valence-electron chi connectivity index (χ2n) is 13.1. The fraction of sp³-hybridized carbons (Fsp3) is 0.500.